The quantitative estimate of drug-likeness (QED) is 0.631. The Balaban J connectivity index is 2.12. The molecule has 0 spiro atoms. The molecule has 0 radical (unpaired) electrons. The lowest BCUT2D eigenvalue weighted by Crippen LogP contribution is -2.21. The van der Waals surface area contributed by atoms with Crippen molar-refractivity contribution in [1.82, 2.24) is 0 Å². The molecule has 0 N–H and O–H groups in total. The lowest BCUT2D eigenvalue weighted by Gasteiger charge is -2.26. The van der Waals surface area contributed by atoms with Crippen molar-refractivity contribution in [2.75, 3.05) is 13.2 Å². The molecule has 1 aromatic carbocycles. The van der Waals surface area contributed by atoms with Crippen LogP contribution in [-0.4, -0.2) is 19.3 Å². The fourth-order valence-electron chi connectivity index (χ4n) is 3.47. The minimum atomic E-state index is -0.405. The summed E-state index contributed by atoms with van der Waals surface area (Å²) < 4.78 is 11.6. The molecule has 21 heavy (non-hydrogen) atoms. The highest BCUT2D eigenvalue weighted by Crippen LogP contribution is 2.46. The van der Waals surface area contributed by atoms with E-state index in [0.29, 0.717) is 13.2 Å². The highest BCUT2D eigenvalue weighted by atomic mass is 16.5. The van der Waals surface area contributed by atoms with Crippen molar-refractivity contribution in [3.63, 3.8) is 0 Å². The molecule has 1 aliphatic heterocycles. The fraction of sp³-hybridized carbons (Fsp3) is 0.588. The first-order valence-corrected chi connectivity index (χ1v) is 7.81. The number of nitrogens with zero attached hydrogens (tertiary/aromatic N) is 1. The molecular weight excluding hydrogens is 266 g/mol. The van der Waals surface area contributed by atoms with Crippen LogP contribution in [-0.2, 0) is 16.8 Å². The number of isocyanates is 1. The summed E-state index contributed by atoms with van der Waals surface area (Å²) in [5.74, 6) is 1.60. The van der Waals surface area contributed by atoms with Crippen LogP contribution in [0.5, 0.6) is 11.5 Å². The van der Waals surface area contributed by atoms with Crippen LogP contribution in [0.25, 0.3) is 0 Å². The summed E-state index contributed by atoms with van der Waals surface area (Å²) in [6.45, 7) is 3.48. The zero-order valence-corrected chi connectivity index (χ0v) is 12.5. The van der Waals surface area contributed by atoms with E-state index in [-0.39, 0.29) is 0 Å². The van der Waals surface area contributed by atoms with Crippen LogP contribution in [0.15, 0.2) is 17.1 Å². The predicted molar refractivity (Wildman–Crippen MR) is 79.7 cm³/mol. The van der Waals surface area contributed by atoms with Crippen LogP contribution in [0.3, 0.4) is 0 Å². The van der Waals surface area contributed by atoms with Crippen molar-refractivity contribution in [2.45, 2.75) is 51.0 Å². The van der Waals surface area contributed by atoms with E-state index in [0.717, 1.165) is 55.6 Å². The Labute approximate surface area is 125 Å². The van der Waals surface area contributed by atoms with E-state index in [9.17, 15) is 4.79 Å². The fourth-order valence-corrected chi connectivity index (χ4v) is 3.47. The monoisotopic (exact) mass is 287 g/mol. The molecule has 4 nitrogen and oxygen atoms in total. The molecular formula is C17H21NO3. The Morgan fingerprint density at radius 2 is 1.81 bits per heavy atom. The molecule has 0 atom stereocenters. The van der Waals surface area contributed by atoms with Crippen molar-refractivity contribution in [3.8, 4) is 11.5 Å². The van der Waals surface area contributed by atoms with Crippen LogP contribution in [0, 0.1) is 0 Å². The number of carbonyl (C=O) groups excluding carboxylic acids is 1. The van der Waals surface area contributed by atoms with Crippen molar-refractivity contribution < 1.29 is 14.3 Å². The second-order valence-corrected chi connectivity index (χ2v) is 5.80. The Morgan fingerprint density at radius 3 is 2.43 bits per heavy atom. The van der Waals surface area contributed by atoms with Crippen molar-refractivity contribution >= 4 is 6.08 Å². The summed E-state index contributed by atoms with van der Waals surface area (Å²) >= 11 is 0. The van der Waals surface area contributed by atoms with E-state index < -0.39 is 5.54 Å². The first-order chi connectivity index (χ1) is 10.3. The van der Waals surface area contributed by atoms with E-state index in [1.54, 1.807) is 6.08 Å². The largest absolute Gasteiger partial charge is 0.490 e. The molecule has 1 aromatic rings. The maximum Gasteiger partial charge on any atom is 0.235 e. The summed E-state index contributed by atoms with van der Waals surface area (Å²) in [5.41, 5.74) is 1.91. The molecule has 0 amide bonds. The second kappa shape index (κ2) is 5.90. The normalized spacial score (nSPS) is 19.7. The molecule has 112 valence electrons. The van der Waals surface area contributed by atoms with Gasteiger partial charge in [0.25, 0.3) is 0 Å². The Morgan fingerprint density at radius 1 is 1.14 bits per heavy atom. The highest BCUT2D eigenvalue weighted by Gasteiger charge is 2.38. The van der Waals surface area contributed by atoms with Gasteiger partial charge in [0.15, 0.2) is 11.5 Å². The zero-order chi connectivity index (χ0) is 14.7. The number of fused-ring (bicyclic) bond motifs is 1. The Hall–Kier alpha value is -1.80. The number of aliphatic imine (C=N–C) groups is 1. The molecule has 2 aliphatic rings. The molecule has 0 bridgehead atoms. The Kier molecular flexibility index (Phi) is 3.98. The van der Waals surface area contributed by atoms with Gasteiger partial charge in [-0.2, -0.15) is 4.99 Å². The molecule has 1 aliphatic carbocycles. The smallest absolute Gasteiger partial charge is 0.235 e. The zero-order valence-electron chi connectivity index (χ0n) is 12.5. The molecule has 0 unspecified atom stereocenters. The predicted octanol–water partition coefficient (Wildman–Crippen LogP) is 3.52. The first-order valence-electron chi connectivity index (χ1n) is 7.81. The number of hydrogen-bond donors (Lipinski definition) is 0. The number of hydrogen-bond acceptors (Lipinski definition) is 4. The van der Waals surface area contributed by atoms with Crippen LogP contribution < -0.4 is 9.47 Å². The van der Waals surface area contributed by atoms with Crippen molar-refractivity contribution in [1.29, 1.82) is 0 Å². The minimum Gasteiger partial charge on any atom is -0.490 e. The highest BCUT2D eigenvalue weighted by molar-refractivity contribution is 5.52. The molecule has 1 fully saturated rings. The standard InChI is InChI=1S/C17H21NO3/c1-2-13-10-15-16(21-9-5-8-20-15)11-14(13)17(18-12-19)6-3-4-7-17/h10-11H,2-9H2,1H3. The van der Waals surface area contributed by atoms with Gasteiger partial charge in [-0.1, -0.05) is 19.8 Å². The van der Waals surface area contributed by atoms with Gasteiger partial charge < -0.3 is 9.47 Å². The van der Waals surface area contributed by atoms with E-state index >= 15 is 0 Å². The van der Waals surface area contributed by atoms with Gasteiger partial charge in [0.1, 0.15) is 0 Å². The molecule has 0 aromatic heterocycles. The average Bonchev–Trinajstić information content (AvgIpc) is 2.85. The second-order valence-electron chi connectivity index (χ2n) is 5.80. The van der Waals surface area contributed by atoms with Gasteiger partial charge in [0, 0.05) is 6.42 Å². The molecule has 3 rings (SSSR count). The first kappa shape index (κ1) is 14.2. The van der Waals surface area contributed by atoms with Gasteiger partial charge in [-0.05, 0) is 42.5 Å². The molecule has 4 heteroatoms. The van der Waals surface area contributed by atoms with Gasteiger partial charge in [-0.15, -0.1) is 0 Å². The van der Waals surface area contributed by atoms with Crippen molar-refractivity contribution in [2.24, 2.45) is 4.99 Å². The lowest BCUT2D eigenvalue weighted by atomic mass is 9.84. The summed E-state index contributed by atoms with van der Waals surface area (Å²) in [6.07, 6.45) is 7.60. The minimum absolute atomic E-state index is 0.405. The number of aryl methyl sites for hydroxylation is 1. The molecule has 0 saturated heterocycles. The summed E-state index contributed by atoms with van der Waals surface area (Å²) in [7, 11) is 0. The van der Waals surface area contributed by atoms with Crippen LogP contribution in [0.1, 0.15) is 50.2 Å². The van der Waals surface area contributed by atoms with E-state index in [1.165, 1.54) is 5.56 Å². The SMILES string of the molecule is CCc1cc2c(cc1C1(N=C=O)CCCC1)OCCCO2. The van der Waals surface area contributed by atoms with Gasteiger partial charge >= 0.3 is 0 Å². The third-order valence-corrected chi connectivity index (χ3v) is 4.55. The topological polar surface area (TPSA) is 47.9 Å². The third kappa shape index (κ3) is 2.56. The lowest BCUT2D eigenvalue weighted by molar-refractivity contribution is 0.296. The van der Waals surface area contributed by atoms with E-state index in [4.69, 9.17) is 9.47 Å². The number of benzene rings is 1. The maximum absolute atomic E-state index is 10.9. The number of ether oxygens (including phenoxy) is 2. The van der Waals surface area contributed by atoms with Crippen molar-refractivity contribution in [3.05, 3.63) is 23.3 Å². The van der Waals surface area contributed by atoms with Crippen LogP contribution >= 0.6 is 0 Å². The molecule has 1 heterocycles. The van der Waals surface area contributed by atoms with E-state index in [2.05, 4.69) is 18.0 Å². The summed E-state index contributed by atoms with van der Waals surface area (Å²) in [6, 6.07) is 4.11. The summed E-state index contributed by atoms with van der Waals surface area (Å²) in [4.78, 5) is 15.1. The Bertz CT molecular complexity index is 570. The van der Waals surface area contributed by atoms with Gasteiger partial charge in [-0.3, -0.25) is 0 Å². The van der Waals surface area contributed by atoms with Crippen LogP contribution in [0.2, 0.25) is 0 Å². The van der Waals surface area contributed by atoms with Gasteiger partial charge in [-0.25, -0.2) is 4.79 Å². The average molecular weight is 287 g/mol. The van der Waals surface area contributed by atoms with Gasteiger partial charge in [0.2, 0.25) is 6.08 Å². The van der Waals surface area contributed by atoms with Gasteiger partial charge in [0.05, 0.1) is 18.8 Å². The number of rotatable bonds is 3. The third-order valence-electron chi connectivity index (χ3n) is 4.55. The maximum atomic E-state index is 10.9. The van der Waals surface area contributed by atoms with E-state index in [1.807, 2.05) is 6.07 Å². The summed E-state index contributed by atoms with van der Waals surface area (Å²) in [5, 5.41) is 0. The van der Waals surface area contributed by atoms with Crippen LogP contribution in [0.4, 0.5) is 0 Å². The molecule has 1 saturated carbocycles.